The molecule has 0 radical (unpaired) electrons. The van der Waals surface area contributed by atoms with Crippen molar-refractivity contribution in [1.82, 2.24) is 5.32 Å². The van der Waals surface area contributed by atoms with Gasteiger partial charge >= 0.3 is 0 Å². The molecule has 1 amide bonds. The van der Waals surface area contributed by atoms with E-state index in [1.165, 1.54) is 41.9 Å². The Bertz CT molecular complexity index is 1020. The minimum Gasteiger partial charge on any atom is -0.467 e. The van der Waals surface area contributed by atoms with E-state index >= 15 is 0 Å². The first-order valence-electron chi connectivity index (χ1n) is 8.53. The number of furan rings is 1. The van der Waals surface area contributed by atoms with Crippen molar-refractivity contribution in [3.63, 3.8) is 0 Å². The van der Waals surface area contributed by atoms with Crippen LogP contribution in [-0.2, 0) is 10.0 Å². The Hall–Kier alpha value is -3.10. The lowest BCUT2D eigenvalue weighted by molar-refractivity contribution is 0.0901. The zero-order chi connectivity index (χ0) is 20.1. The Morgan fingerprint density at radius 1 is 1.07 bits per heavy atom. The summed E-state index contributed by atoms with van der Waals surface area (Å²) in [5.74, 6) is -0.0725. The highest BCUT2D eigenvalue weighted by Crippen LogP contribution is 2.22. The van der Waals surface area contributed by atoms with Crippen LogP contribution in [0.3, 0.4) is 0 Å². The van der Waals surface area contributed by atoms with E-state index in [0.717, 1.165) is 0 Å². The molecule has 1 aromatic heterocycles. The number of sulfonamides is 1. The van der Waals surface area contributed by atoms with Gasteiger partial charge in [0.15, 0.2) is 0 Å². The van der Waals surface area contributed by atoms with E-state index in [-0.39, 0.29) is 17.0 Å². The van der Waals surface area contributed by atoms with Crippen molar-refractivity contribution in [3.05, 3.63) is 84.3 Å². The summed E-state index contributed by atoms with van der Waals surface area (Å²) in [6, 6.07) is 17.6. The summed E-state index contributed by atoms with van der Waals surface area (Å²) in [7, 11) is -2.27. The number of benzene rings is 2. The van der Waals surface area contributed by atoms with E-state index in [9.17, 15) is 18.3 Å². The lowest BCUT2D eigenvalue weighted by Gasteiger charge is -2.19. The molecule has 0 bridgehead atoms. The van der Waals surface area contributed by atoms with E-state index in [1.54, 1.807) is 42.5 Å². The van der Waals surface area contributed by atoms with Crippen molar-refractivity contribution in [3.8, 4) is 0 Å². The van der Waals surface area contributed by atoms with Crippen LogP contribution in [0.15, 0.2) is 82.3 Å². The lowest BCUT2D eigenvalue weighted by Crippen LogP contribution is -2.28. The van der Waals surface area contributed by atoms with E-state index in [4.69, 9.17) is 4.42 Å². The van der Waals surface area contributed by atoms with Gasteiger partial charge in [-0.05, 0) is 48.5 Å². The summed E-state index contributed by atoms with van der Waals surface area (Å²) in [6.45, 7) is -0.0247. The van der Waals surface area contributed by atoms with E-state index < -0.39 is 22.0 Å². The van der Waals surface area contributed by atoms with Gasteiger partial charge < -0.3 is 14.8 Å². The average Bonchev–Trinajstić information content (AvgIpc) is 3.27. The quantitative estimate of drug-likeness (QED) is 0.635. The second kappa shape index (κ2) is 8.28. The standard InChI is InChI=1S/C20H20N2O5S/c1-22(16-6-3-2-4-7-16)28(25,26)17-11-9-15(10-12-17)20(24)21-14-18(23)19-8-5-13-27-19/h2-13,18,23H,14H2,1H3,(H,21,24). The van der Waals surface area contributed by atoms with Crippen molar-refractivity contribution in [2.75, 3.05) is 17.9 Å². The third-order valence-corrected chi connectivity index (χ3v) is 6.02. The topological polar surface area (TPSA) is 99.9 Å². The molecule has 1 unspecified atom stereocenters. The Labute approximate surface area is 163 Å². The second-order valence-corrected chi connectivity index (χ2v) is 8.04. The molecule has 1 heterocycles. The summed E-state index contributed by atoms with van der Waals surface area (Å²) in [6.07, 6.45) is 0.476. The van der Waals surface area contributed by atoms with Crippen LogP contribution < -0.4 is 9.62 Å². The zero-order valence-electron chi connectivity index (χ0n) is 15.1. The number of amides is 1. The van der Waals surface area contributed by atoms with Crippen LogP contribution >= 0.6 is 0 Å². The molecule has 2 aromatic carbocycles. The summed E-state index contributed by atoms with van der Waals surface area (Å²) < 4.78 is 31.7. The number of carbonyl (C=O) groups is 1. The number of aliphatic hydroxyl groups is 1. The van der Waals surface area contributed by atoms with Crippen LogP contribution in [0, 0.1) is 0 Å². The van der Waals surface area contributed by atoms with Gasteiger partial charge in [-0.3, -0.25) is 9.10 Å². The van der Waals surface area contributed by atoms with Gasteiger partial charge in [0.25, 0.3) is 15.9 Å². The number of carbonyl (C=O) groups excluding carboxylic acids is 1. The number of aliphatic hydroxyl groups excluding tert-OH is 1. The molecule has 146 valence electrons. The highest BCUT2D eigenvalue weighted by Gasteiger charge is 2.21. The van der Waals surface area contributed by atoms with Crippen molar-refractivity contribution in [2.24, 2.45) is 0 Å². The van der Waals surface area contributed by atoms with Crippen molar-refractivity contribution >= 4 is 21.6 Å². The predicted molar refractivity (Wildman–Crippen MR) is 104 cm³/mol. The molecule has 3 rings (SSSR count). The van der Waals surface area contributed by atoms with Gasteiger partial charge in [-0.15, -0.1) is 0 Å². The Balaban J connectivity index is 1.68. The summed E-state index contributed by atoms with van der Waals surface area (Å²) in [5.41, 5.74) is 0.823. The first-order valence-corrected chi connectivity index (χ1v) is 9.97. The molecule has 0 spiro atoms. The third kappa shape index (κ3) is 4.24. The van der Waals surface area contributed by atoms with Crippen LogP contribution in [0.2, 0.25) is 0 Å². The smallest absolute Gasteiger partial charge is 0.264 e. The van der Waals surface area contributed by atoms with Gasteiger partial charge in [0.1, 0.15) is 11.9 Å². The molecule has 8 heteroatoms. The summed E-state index contributed by atoms with van der Waals surface area (Å²) in [5, 5.41) is 12.5. The van der Waals surface area contributed by atoms with Crippen molar-refractivity contribution in [1.29, 1.82) is 0 Å². The molecular formula is C20H20N2O5S. The Morgan fingerprint density at radius 3 is 2.36 bits per heavy atom. The molecule has 0 saturated heterocycles. The van der Waals surface area contributed by atoms with Crippen LogP contribution in [0.4, 0.5) is 5.69 Å². The molecule has 0 fully saturated rings. The number of hydrogen-bond acceptors (Lipinski definition) is 5. The number of anilines is 1. The Kier molecular flexibility index (Phi) is 5.81. The van der Waals surface area contributed by atoms with E-state index in [0.29, 0.717) is 11.4 Å². The molecular weight excluding hydrogens is 380 g/mol. The maximum Gasteiger partial charge on any atom is 0.264 e. The molecule has 2 N–H and O–H groups in total. The average molecular weight is 400 g/mol. The minimum absolute atomic E-state index is 0.0247. The largest absolute Gasteiger partial charge is 0.467 e. The highest BCUT2D eigenvalue weighted by molar-refractivity contribution is 7.92. The number of para-hydroxylation sites is 1. The summed E-state index contributed by atoms with van der Waals surface area (Å²) >= 11 is 0. The van der Waals surface area contributed by atoms with Crippen LogP contribution in [0.25, 0.3) is 0 Å². The fraction of sp³-hybridized carbons (Fsp3) is 0.150. The fourth-order valence-corrected chi connectivity index (χ4v) is 3.78. The highest BCUT2D eigenvalue weighted by atomic mass is 32.2. The van der Waals surface area contributed by atoms with Crippen molar-refractivity contribution < 1.29 is 22.7 Å². The monoisotopic (exact) mass is 400 g/mol. The van der Waals surface area contributed by atoms with Gasteiger partial charge in [0.2, 0.25) is 0 Å². The first kappa shape index (κ1) is 19.7. The van der Waals surface area contributed by atoms with Crippen LogP contribution in [-0.4, -0.2) is 33.0 Å². The maximum atomic E-state index is 12.7. The van der Waals surface area contributed by atoms with E-state index in [2.05, 4.69) is 5.32 Å². The SMILES string of the molecule is CN(c1ccccc1)S(=O)(=O)c1ccc(C(=O)NCC(O)c2ccco2)cc1. The van der Waals surface area contributed by atoms with Gasteiger partial charge in [0, 0.05) is 12.6 Å². The molecule has 0 aliphatic carbocycles. The van der Waals surface area contributed by atoms with Crippen LogP contribution in [0.5, 0.6) is 0 Å². The molecule has 28 heavy (non-hydrogen) atoms. The molecule has 3 aromatic rings. The van der Waals surface area contributed by atoms with Gasteiger partial charge in [-0.1, -0.05) is 18.2 Å². The summed E-state index contributed by atoms with van der Waals surface area (Å²) in [4.78, 5) is 12.3. The van der Waals surface area contributed by atoms with Gasteiger partial charge in [0.05, 0.1) is 23.4 Å². The maximum absolute atomic E-state index is 12.7. The zero-order valence-corrected chi connectivity index (χ0v) is 16.0. The molecule has 7 nitrogen and oxygen atoms in total. The molecule has 0 saturated carbocycles. The molecule has 0 aliphatic rings. The van der Waals surface area contributed by atoms with Gasteiger partial charge in [-0.2, -0.15) is 0 Å². The fourth-order valence-electron chi connectivity index (χ4n) is 2.59. The number of nitrogens with zero attached hydrogens (tertiary/aromatic N) is 1. The number of nitrogens with one attached hydrogen (secondary N) is 1. The van der Waals surface area contributed by atoms with Crippen LogP contribution in [0.1, 0.15) is 22.2 Å². The second-order valence-electron chi connectivity index (χ2n) is 6.07. The lowest BCUT2D eigenvalue weighted by atomic mass is 10.2. The normalized spacial score (nSPS) is 12.4. The third-order valence-electron chi connectivity index (χ3n) is 4.22. The minimum atomic E-state index is -3.74. The number of hydrogen-bond donors (Lipinski definition) is 2. The predicted octanol–water partition coefficient (Wildman–Crippen LogP) is 2.57. The van der Waals surface area contributed by atoms with Gasteiger partial charge in [-0.25, -0.2) is 8.42 Å². The molecule has 1 atom stereocenters. The molecule has 0 aliphatic heterocycles. The first-order chi connectivity index (χ1) is 13.4. The number of rotatable bonds is 7. The van der Waals surface area contributed by atoms with Crippen molar-refractivity contribution in [2.45, 2.75) is 11.0 Å². The Morgan fingerprint density at radius 2 is 1.75 bits per heavy atom. The van der Waals surface area contributed by atoms with E-state index in [1.807, 2.05) is 0 Å².